The van der Waals surface area contributed by atoms with Crippen molar-refractivity contribution in [2.45, 2.75) is 71.8 Å². The van der Waals surface area contributed by atoms with Gasteiger partial charge in [-0.2, -0.15) is 22.0 Å². The number of nitrogens with one attached hydrogen (secondary N) is 1. The van der Waals surface area contributed by atoms with Crippen LogP contribution in [0.5, 0.6) is 0 Å². The summed E-state index contributed by atoms with van der Waals surface area (Å²) in [5.41, 5.74) is 0.143. The number of nitrogens with zero attached hydrogens (tertiary/aromatic N) is 1. The molecule has 38 heavy (non-hydrogen) atoms. The number of nitrogens with two attached hydrogens (primary N) is 1. The number of benzene rings is 1. The molecule has 12 nitrogen and oxygen atoms in total. The average molecular weight is 578 g/mol. The number of hydrogen-bond donors (Lipinski definition) is 3. The second-order valence-corrected chi connectivity index (χ2v) is 11.2. The Labute approximate surface area is 225 Å². The molecule has 0 aliphatic carbocycles. The smallest absolute Gasteiger partial charge is 0.388 e. The molecule has 216 valence electrons. The predicted molar refractivity (Wildman–Crippen MR) is 143 cm³/mol. The van der Waals surface area contributed by atoms with E-state index < -0.39 is 44.2 Å². The zero-order chi connectivity index (χ0) is 28.8. The molecule has 0 spiro atoms. The summed E-state index contributed by atoms with van der Waals surface area (Å²) in [4.78, 5) is 25.7. The molecule has 0 saturated carbocycles. The number of rotatable bonds is 18. The van der Waals surface area contributed by atoms with E-state index in [9.17, 15) is 31.5 Å². The molecule has 0 fully saturated rings. The van der Waals surface area contributed by atoms with Crippen LogP contribution >= 0.6 is 0 Å². The Hall–Kier alpha value is -2.52. The number of carbonyl (C=O) groups excluding carboxylic acids is 2. The van der Waals surface area contributed by atoms with Gasteiger partial charge in [0.1, 0.15) is 0 Å². The lowest BCUT2D eigenvalue weighted by Gasteiger charge is -2.21. The molecule has 1 aromatic carbocycles. The zero-order valence-corrected chi connectivity index (χ0v) is 23.7. The lowest BCUT2D eigenvalue weighted by Crippen LogP contribution is -2.26. The van der Waals surface area contributed by atoms with E-state index in [1.807, 2.05) is 4.72 Å². The Bertz CT molecular complexity index is 1140. The fraction of sp³-hybridized carbons (Fsp3) is 0.583. The van der Waals surface area contributed by atoms with E-state index in [2.05, 4.69) is 32.3 Å². The minimum Gasteiger partial charge on any atom is -0.388 e. The summed E-state index contributed by atoms with van der Waals surface area (Å²) in [5, 5.41) is 15.0. The van der Waals surface area contributed by atoms with Gasteiger partial charge in [0.2, 0.25) is 0 Å². The van der Waals surface area contributed by atoms with Crippen molar-refractivity contribution in [2.75, 3.05) is 24.4 Å². The molecule has 1 rings (SSSR count). The fourth-order valence-electron chi connectivity index (χ4n) is 3.52. The number of hydrogen-bond acceptors (Lipinski definition) is 10. The van der Waals surface area contributed by atoms with Crippen LogP contribution < -0.4 is 9.86 Å². The third-order valence-electron chi connectivity index (χ3n) is 5.56. The van der Waals surface area contributed by atoms with Gasteiger partial charge in [0, 0.05) is 11.6 Å². The van der Waals surface area contributed by atoms with Crippen molar-refractivity contribution in [2.24, 2.45) is 5.14 Å². The Morgan fingerprint density at radius 3 is 2.18 bits per heavy atom. The van der Waals surface area contributed by atoms with Crippen LogP contribution in [-0.4, -0.2) is 58.4 Å². The summed E-state index contributed by atoms with van der Waals surface area (Å²) >= 11 is 0. The van der Waals surface area contributed by atoms with Crippen LogP contribution in [0.25, 0.3) is 0 Å². The molecule has 0 saturated heterocycles. The van der Waals surface area contributed by atoms with Crippen LogP contribution in [-0.2, 0) is 38.6 Å². The predicted octanol–water partition coefficient (Wildman–Crippen LogP) is 2.69. The third-order valence-corrected chi connectivity index (χ3v) is 6.81. The van der Waals surface area contributed by atoms with Crippen LogP contribution in [0.3, 0.4) is 0 Å². The van der Waals surface area contributed by atoms with E-state index >= 15 is 0 Å². The molecule has 0 heterocycles. The van der Waals surface area contributed by atoms with Gasteiger partial charge in [-0.3, -0.25) is 4.72 Å². The first kappa shape index (κ1) is 33.5. The summed E-state index contributed by atoms with van der Waals surface area (Å²) in [6.45, 7) is 8.23. The van der Waals surface area contributed by atoms with Crippen molar-refractivity contribution >= 4 is 38.2 Å². The lowest BCUT2D eigenvalue weighted by molar-refractivity contribution is -0.131. The fourth-order valence-corrected chi connectivity index (χ4v) is 4.59. The SMILES string of the molecule is CCCCCCCN(CC)CCCC(O)c1ccc(NS(=O)(=O)OC(=O)/C(C)=C/C(=O)OS(N)(=O)=O)cc1. The molecule has 14 heteroatoms. The topological polar surface area (TPSA) is 182 Å². The van der Waals surface area contributed by atoms with Crippen LogP contribution in [0.15, 0.2) is 35.9 Å². The second kappa shape index (κ2) is 16.4. The highest BCUT2D eigenvalue weighted by Gasteiger charge is 2.20. The molecule has 1 atom stereocenters. The molecule has 0 aliphatic heterocycles. The van der Waals surface area contributed by atoms with Gasteiger partial charge in [-0.15, -0.1) is 0 Å². The van der Waals surface area contributed by atoms with E-state index in [1.165, 1.54) is 44.2 Å². The van der Waals surface area contributed by atoms with Crippen molar-refractivity contribution in [1.29, 1.82) is 0 Å². The molecule has 1 aromatic rings. The molecule has 1 unspecified atom stereocenters. The van der Waals surface area contributed by atoms with Gasteiger partial charge in [0.05, 0.1) is 11.8 Å². The maximum Gasteiger partial charge on any atom is 0.410 e. The summed E-state index contributed by atoms with van der Waals surface area (Å²) in [6, 6.07) is 5.93. The summed E-state index contributed by atoms with van der Waals surface area (Å²) < 4.78 is 55.9. The Balaban J connectivity index is 2.56. The number of anilines is 1. The van der Waals surface area contributed by atoms with E-state index in [4.69, 9.17) is 0 Å². The first-order chi connectivity index (χ1) is 17.8. The van der Waals surface area contributed by atoms with Crippen molar-refractivity contribution in [1.82, 2.24) is 4.90 Å². The summed E-state index contributed by atoms with van der Waals surface area (Å²) in [6.07, 6.45) is 7.22. The molecular formula is C24H39N3O9S2. The van der Waals surface area contributed by atoms with Gasteiger partial charge in [0.15, 0.2) is 0 Å². The number of aliphatic hydroxyl groups is 1. The quantitative estimate of drug-likeness (QED) is 0.173. The molecule has 4 N–H and O–H groups in total. The number of carbonyl (C=O) groups is 2. The molecule has 0 aromatic heterocycles. The standard InChI is InChI=1S/C24H39N3O9S2/c1-4-6-7-8-9-16-27(5-2)17-10-11-22(28)20-12-14-21(15-13-20)26-38(33,34)36-24(30)19(3)18-23(29)35-37(25,31)32/h12-15,18,22,26,28H,4-11,16-17H2,1-3H3,(H2,25,31,32)/b19-18+. The molecular weight excluding hydrogens is 538 g/mol. The number of unbranched alkanes of at least 4 members (excludes halogenated alkanes) is 4. The second-order valence-electron chi connectivity index (χ2n) is 8.78. The van der Waals surface area contributed by atoms with Gasteiger partial charge < -0.3 is 18.4 Å². The maximum atomic E-state index is 12.1. The van der Waals surface area contributed by atoms with Gasteiger partial charge in [-0.1, -0.05) is 51.7 Å². The van der Waals surface area contributed by atoms with Gasteiger partial charge in [0.25, 0.3) is 0 Å². The largest absolute Gasteiger partial charge is 0.410 e. The van der Waals surface area contributed by atoms with E-state index in [0.29, 0.717) is 18.1 Å². The van der Waals surface area contributed by atoms with Crippen molar-refractivity contribution in [3.8, 4) is 0 Å². The minimum absolute atomic E-state index is 0.0734. The van der Waals surface area contributed by atoms with Crippen molar-refractivity contribution in [3.63, 3.8) is 0 Å². The van der Waals surface area contributed by atoms with Gasteiger partial charge in [-0.25, -0.2) is 9.59 Å². The van der Waals surface area contributed by atoms with Gasteiger partial charge >= 0.3 is 32.5 Å². The number of aliphatic hydroxyl groups excluding tert-OH is 1. The third kappa shape index (κ3) is 14.4. The van der Waals surface area contributed by atoms with Crippen molar-refractivity contribution < 1.29 is 39.9 Å². The normalized spacial score (nSPS) is 13.3. The van der Waals surface area contributed by atoms with E-state index in [0.717, 1.165) is 33.0 Å². The highest BCUT2D eigenvalue weighted by Crippen LogP contribution is 2.21. The minimum atomic E-state index is -4.63. The summed E-state index contributed by atoms with van der Waals surface area (Å²) in [7, 11) is -9.22. The Morgan fingerprint density at radius 1 is 1.00 bits per heavy atom. The van der Waals surface area contributed by atoms with Crippen molar-refractivity contribution in [3.05, 3.63) is 41.5 Å². The Morgan fingerprint density at radius 2 is 1.61 bits per heavy atom. The van der Waals surface area contributed by atoms with Crippen LogP contribution in [0.4, 0.5) is 5.69 Å². The highest BCUT2D eigenvalue weighted by atomic mass is 32.2. The highest BCUT2D eigenvalue weighted by molar-refractivity contribution is 7.88. The molecule has 0 amide bonds. The Kier molecular flexibility index (Phi) is 14.5. The summed E-state index contributed by atoms with van der Waals surface area (Å²) in [5.74, 6) is -2.93. The van der Waals surface area contributed by atoms with Crippen LogP contribution in [0.2, 0.25) is 0 Å². The van der Waals surface area contributed by atoms with Gasteiger partial charge in [-0.05, 0) is 63.5 Å². The zero-order valence-electron chi connectivity index (χ0n) is 22.1. The van der Waals surface area contributed by atoms with E-state index in [-0.39, 0.29) is 5.69 Å². The lowest BCUT2D eigenvalue weighted by atomic mass is 10.0. The van der Waals surface area contributed by atoms with E-state index in [1.54, 1.807) is 12.1 Å². The monoisotopic (exact) mass is 577 g/mol. The molecule has 0 radical (unpaired) electrons. The first-order valence-electron chi connectivity index (χ1n) is 12.5. The maximum absolute atomic E-state index is 12.1. The molecule has 0 bridgehead atoms. The van der Waals surface area contributed by atoms with Crippen LogP contribution in [0.1, 0.15) is 77.4 Å². The first-order valence-corrected chi connectivity index (χ1v) is 15.4. The molecule has 0 aliphatic rings. The van der Waals surface area contributed by atoms with Crippen LogP contribution in [0, 0.1) is 0 Å². The average Bonchev–Trinajstić information content (AvgIpc) is 2.81.